The van der Waals surface area contributed by atoms with Gasteiger partial charge in [-0.3, -0.25) is 4.79 Å². The lowest BCUT2D eigenvalue weighted by Crippen LogP contribution is -2.38. The van der Waals surface area contributed by atoms with Gasteiger partial charge in [-0.15, -0.1) is 0 Å². The zero-order valence-electron chi connectivity index (χ0n) is 14.3. The van der Waals surface area contributed by atoms with Gasteiger partial charge in [-0.05, 0) is 29.8 Å². The van der Waals surface area contributed by atoms with Crippen molar-refractivity contribution >= 4 is 17.5 Å². The number of amides is 1. The highest BCUT2D eigenvalue weighted by Gasteiger charge is 2.41. The molecule has 142 valence electrons. The van der Waals surface area contributed by atoms with Gasteiger partial charge < -0.3 is 14.7 Å². The molecule has 1 amide bonds. The Morgan fingerprint density at radius 3 is 2.37 bits per heavy atom. The smallest absolute Gasteiger partial charge is 0.466 e. The maximum absolute atomic E-state index is 12.5. The number of hydrogen-bond donors (Lipinski definition) is 1. The van der Waals surface area contributed by atoms with Crippen LogP contribution >= 0.6 is 0 Å². The van der Waals surface area contributed by atoms with E-state index in [4.69, 9.17) is 4.74 Å². The van der Waals surface area contributed by atoms with E-state index in [0.29, 0.717) is 10.5 Å². The molecule has 0 aliphatic carbocycles. The summed E-state index contributed by atoms with van der Waals surface area (Å²) in [5, 5.41) is 10.2. The largest absolute Gasteiger partial charge is 0.471 e. The summed E-state index contributed by atoms with van der Waals surface area (Å²) in [6.07, 6.45) is -6.33. The molecule has 0 bridgehead atoms. The van der Waals surface area contributed by atoms with Crippen LogP contribution in [0.5, 0.6) is 0 Å². The summed E-state index contributed by atoms with van der Waals surface area (Å²) < 4.78 is 43.4. The zero-order valence-corrected chi connectivity index (χ0v) is 14.3. The van der Waals surface area contributed by atoms with Gasteiger partial charge >= 0.3 is 12.1 Å². The maximum atomic E-state index is 12.5. The molecule has 0 radical (unpaired) electrons. The summed E-state index contributed by atoms with van der Waals surface area (Å²) >= 11 is 0. The quantitative estimate of drug-likeness (QED) is 0.893. The average molecular weight is 378 g/mol. The number of ether oxygens (including phenoxy) is 1. The number of benzene rings is 2. The van der Waals surface area contributed by atoms with Crippen molar-refractivity contribution in [2.45, 2.75) is 18.4 Å². The Balaban J connectivity index is 1.78. The number of aliphatic hydroxyl groups is 1. The summed E-state index contributed by atoms with van der Waals surface area (Å²) in [5.74, 6) is -1.67. The van der Waals surface area contributed by atoms with Crippen molar-refractivity contribution in [1.82, 2.24) is 0 Å². The molecule has 2 unspecified atom stereocenters. The molecule has 27 heavy (non-hydrogen) atoms. The van der Waals surface area contributed by atoms with Crippen molar-refractivity contribution in [2.24, 2.45) is 4.99 Å². The van der Waals surface area contributed by atoms with Crippen molar-refractivity contribution in [3.8, 4) is 0 Å². The SMILES string of the molecule is CN(C(=O)C(F)(F)F)c1ccc(C2=NCC(O)C(c3ccccc3)O2)cc1. The predicted molar refractivity (Wildman–Crippen MR) is 93.6 cm³/mol. The molecule has 0 saturated heterocycles. The molecule has 1 aliphatic rings. The van der Waals surface area contributed by atoms with Crippen molar-refractivity contribution in [1.29, 1.82) is 0 Å². The summed E-state index contributed by atoms with van der Waals surface area (Å²) in [6, 6.07) is 15.0. The first-order chi connectivity index (χ1) is 12.8. The molecule has 3 rings (SSSR count). The van der Waals surface area contributed by atoms with E-state index in [1.165, 1.54) is 24.3 Å². The first-order valence-corrected chi connectivity index (χ1v) is 8.17. The van der Waals surface area contributed by atoms with Crippen molar-refractivity contribution in [2.75, 3.05) is 18.5 Å². The first-order valence-electron chi connectivity index (χ1n) is 8.17. The molecular formula is C19H17F3N2O3. The lowest BCUT2D eigenvalue weighted by Gasteiger charge is -2.28. The summed E-state index contributed by atoms with van der Waals surface area (Å²) in [4.78, 5) is 16.0. The van der Waals surface area contributed by atoms with Crippen molar-refractivity contribution < 1.29 is 27.8 Å². The Morgan fingerprint density at radius 2 is 1.78 bits per heavy atom. The minimum Gasteiger partial charge on any atom is -0.466 e. The van der Waals surface area contributed by atoms with E-state index in [0.717, 1.165) is 12.6 Å². The number of anilines is 1. The van der Waals surface area contributed by atoms with Gasteiger partial charge in [0.15, 0.2) is 6.10 Å². The van der Waals surface area contributed by atoms with Gasteiger partial charge in [0, 0.05) is 18.3 Å². The summed E-state index contributed by atoms with van der Waals surface area (Å²) in [6.45, 7) is 0.142. The lowest BCUT2D eigenvalue weighted by molar-refractivity contribution is -0.170. The number of carbonyl (C=O) groups excluding carboxylic acids is 1. The number of nitrogens with zero attached hydrogens (tertiary/aromatic N) is 2. The fourth-order valence-electron chi connectivity index (χ4n) is 2.74. The fraction of sp³-hybridized carbons (Fsp3) is 0.263. The second-order valence-electron chi connectivity index (χ2n) is 6.07. The van der Waals surface area contributed by atoms with E-state index in [2.05, 4.69) is 4.99 Å². The minimum absolute atomic E-state index is 0.0946. The highest BCUT2D eigenvalue weighted by Crippen LogP contribution is 2.28. The van der Waals surface area contributed by atoms with E-state index in [-0.39, 0.29) is 18.1 Å². The van der Waals surface area contributed by atoms with Gasteiger partial charge in [-0.2, -0.15) is 13.2 Å². The highest BCUT2D eigenvalue weighted by molar-refractivity contribution is 5.98. The van der Waals surface area contributed by atoms with Crippen LogP contribution in [0.1, 0.15) is 17.2 Å². The predicted octanol–water partition coefficient (Wildman–Crippen LogP) is 3.09. The van der Waals surface area contributed by atoms with E-state index in [9.17, 15) is 23.1 Å². The molecule has 1 N–H and O–H groups in total. The summed E-state index contributed by atoms with van der Waals surface area (Å²) in [7, 11) is 1.06. The summed E-state index contributed by atoms with van der Waals surface area (Å²) in [5.41, 5.74) is 1.43. The Morgan fingerprint density at radius 1 is 1.15 bits per heavy atom. The van der Waals surface area contributed by atoms with E-state index >= 15 is 0 Å². The molecule has 0 saturated carbocycles. The molecule has 8 heteroatoms. The number of alkyl halides is 3. The number of hydrogen-bond acceptors (Lipinski definition) is 4. The minimum atomic E-state index is -4.94. The van der Waals surface area contributed by atoms with Crippen LogP contribution in [0.15, 0.2) is 59.6 Å². The number of carbonyl (C=O) groups is 1. The van der Waals surface area contributed by atoms with Gasteiger partial charge in [0.1, 0.15) is 6.10 Å². The van der Waals surface area contributed by atoms with E-state index in [1.54, 1.807) is 0 Å². The van der Waals surface area contributed by atoms with Crippen LogP contribution in [0, 0.1) is 0 Å². The van der Waals surface area contributed by atoms with Crippen LogP contribution < -0.4 is 4.90 Å². The standard InChI is InChI=1S/C19H17F3N2O3/c1-24(18(26)19(20,21)22)14-9-7-13(8-10-14)17-23-11-15(25)16(27-17)12-5-3-2-4-6-12/h2-10,15-16,25H,11H2,1H3. The third kappa shape index (κ3) is 4.11. The van der Waals surface area contributed by atoms with E-state index in [1.807, 2.05) is 30.3 Å². The fourth-order valence-corrected chi connectivity index (χ4v) is 2.74. The normalized spacial score (nSPS) is 19.8. The monoisotopic (exact) mass is 378 g/mol. The molecule has 1 aliphatic heterocycles. The molecule has 1 heterocycles. The third-order valence-electron chi connectivity index (χ3n) is 4.19. The second-order valence-corrected chi connectivity index (χ2v) is 6.07. The van der Waals surface area contributed by atoms with Crippen LogP contribution in [-0.4, -0.2) is 42.8 Å². The number of aliphatic imine (C=N–C) groups is 1. The maximum Gasteiger partial charge on any atom is 0.471 e. The molecule has 2 atom stereocenters. The number of halogens is 3. The van der Waals surface area contributed by atoms with Gasteiger partial charge in [-0.1, -0.05) is 30.3 Å². The van der Waals surface area contributed by atoms with Crippen LogP contribution in [0.4, 0.5) is 18.9 Å². The second kappa shape index (κ2) is 7.40. The topological polar surface area (TPSA) is 62.1 Å². The van der Waals surface area contributed by atoms with Crippen molar-refractivity contribution in [3.63, 3.8) is 0 Å². The molecule has 2 aromatic carbocycles. The highest BCUT2D eigenvalue weighted by atomic mass is 19.4. The van der Waals surface area contributed by atoms with Gasteiger partial charge in [0.05, 0.1) is 6.54 Å². The molecule has 5 nitrogen and oxygen atoms in total. The third-order valence-corrected chi connectivity index (χ3v) is 4.19. The molecule has 0 fully saturated rings. The molecule has 0 spiro atoms. The van der Waals surface area contributed by atoms with Crippen LogP contribution in [-0.2, 0) is 9.53 Å². The van der Waals surface area contributed by atoms with Gasteiger partial charge in [0.2, 0.25) is 5.90 Å². The Kier molecular flexibility index (Phi) is 5.18. The number of rotatable bonds is 3. The van der Waals surface area contributed by atoms with Crippen LogP contribution in [0.25, 0.3) is 0 Å². The zero-order chi connectivity index (χ0) is 19.6. The van der Waals surface area contributed by atoms with Crippen LogP contribution in [0.3, 0.4) is 0 Å². The molecule has 0 aromatic heterocycles. The average Bonchev–Trinajstić information content (AvgIpc) is 2.67. The van der Waals surface area contributed by atoms with Gasteiger partial charge in [0.25, 0.3) is 0 Å². The lowest BCUT2D eigenvalue weighted by atomic mass is 10.0. The molecular weight excluding hydrogens is 361 g/mol. The first kappa shape index (κ1) is 18.9. The molecule has 2 aromatic rings. The Labute approximate surface area is 153 Å². The van der Waals surface area contributed by atoms with E-state index < -0.39 is 24.3 Å². The van der Waals surface area contributed by atoms with Crippen molar-refractivity contribution in [3.05, 3.63) is 65.7 Å². The van der Waals surface area contributed by atoms with Gasteiger partial charge in [-0.25, -0.2) is 4.99 Å². The number of aliphatic hydroxyl groups excluding tert-OH is 1. The Hall–Kier alpha value is -2.87. The van der Waals surface area contributed by atoms with Crippen LogP contribution in [0.2, 0.25) is 0 Å². The Bertz CT molecular complexity index is 836.